The van der Waals surface area contributed by atoms with Gasteiger partial charge >= 0.3 is 0 Å². The lowest BCUT2D eigenvalue weighted by Gasteiger charge is -2.35. The van der Waals surface area contributed by atoms with Crippen LogP contribution in [0, 0.1) is 11.8 Å². The van der Waals surface area contributed by atoms with Crippen molar-refractivity contribution in [3.05, 3.63) is 36.0 Å². The topological polar surface area (TPSA) is 25.2 Å². The molecule has 3 nitrogen and oxygen atoms in total. The Kier molecular flexibility index (Phi) is 5.27. The van der Waals surface area contributed by atoms with Crippen molar-refractivity contribution < 1.29 is 4.79 Å². The molecule has 1 fully saturated rings. The van der Waals surface area contributed by atoms with Crippen LogP contribution in [-0.4, -0.2) is 28.5 Å². The van der Waals surface area contributed by atoms with Crippen LogP contribution in [0.2, 0.25) is 0 Å². The van der Waals surface area contributed by atoms with E-state index in [-0.39, 0.29) is 0 Å². The zero-order valence-electron chi connectivity index (χ0n) is 15.3. The minimum absolute atomic E-state index is 0.340. The summed E-state index contributed by atoms with van der Waals surface area (Å²) >= 11 is 0. The smallest absolute Gasteiger partial charge is 0.222 e. The highest BCUT2D eigenvalue weighted by Gasteiger charge is 2.24. The summed E-state index contributed by atoms with van der Waals surface area (Å²) in [5.41, 5.74) is 2.68. The molecule has 0 saturated carbocycles. The minimum atomic E-state index is 0.340. The molecule has 2 unspecified atom stereocenters. The van der Waals surface area contributed by atoms with Gasteiger partial charge in [0, 0.05) is 43.2 Å². The summed E-state index contributed by atoms with van der Waals surface area (Å²) < 4.78 is 2.31. The number of nitrogens with zero attached hydrogens (tertiary/aromatic N) is 2. The van der Waals surface area contributed by atoms with E-state index in [9.17, 15) is 4.79 Å². The number of para-hydroxylation sites is 1. The predicted molar refractivity (Wildman–Crippen MR) is 100 cm³/mol. The number of rotatable bonds is 5. The van der Waals surface area contributed by atoms with Gasteiger partial charge in [-0.25, -0.2) is 0 Å². The Balaban J connectivity index is 1.59. The zero-order valence-corrected chi connectivity index (χ0v) is 15.3. The molecule has 1 aromatic heterocycles. The van der Waals surface area contributed by atoms with Gasteiger partial charge in [-0.05, 0) is 49.7 Å². The highest BCUT2D eigenvalue weighted by Crippen LogP contribution is 2.24. The van der Waals surface area contributed by atoms with Gasteiger partial charge in [-0.1, -0.05) is 32.0 Å². The van der Waals surface area contributed by atoms with Gasteiger partial charge < -0.3 is 9.47 Å². The molecule has 1 aliphatic rings. The van der Waals surface area contributed by atoms with Gasteiger partial charge in [0.2, 0.25) is 5.91 Å². The van der Waals surface area contributed by atoms with E-state index in [2.05, 4.69) is 60.7 Å². The zero-order chi connectivity index (χ0) is 17.1. The van der Waals surface area contributed by atoms with Crippen molar-refractivity contribution >= 4 is 16.8 Å². The number of hydrogen-bond acceptors (Lipinski definition) is 1. The molecule has 3 rings (SSSR count). The van der Waals surface area contributed by atoms with Crippen LogP contribution in [0.5, 0.6) is 0 Å². The number of carbonyl (C=O) groups excluding carboxylic acids is 1. The standard InChI is InChI=1S/C21H30N2O/c1-4-22-15-18(19-9-5-6-10-20(19)22)8-7-11-21(24)23-13-16(2)12-17(3)14-23/h5-6,9-10,15-17H,4,7-8,11-14H2,1-3H3. The van der Waals surface area contributed by atoms with Crippen LogP contribution in [0.1, 0.15) is 45.6 Å². The van der Waals surface area contributed by atoms with Crippen molar-refractivity contribution in [2.24, 2.45) is 11.8 Å². The first-order valence-corrected chi connectivity index (χ1v) is 9.43. The van der Waals surface area contributed by atoms with Crippen LogP contribution in [0.3, 0.4) is 0 Å². The lowest BCUT2D eigenvalue weighted by atomic mass is 9.91. The quantitative estimate of drug-likeness (QED) is 0.795. The van der Waals surface area contributed by atoms with Crippen LogP contribution < -0.4 is 0 Å². The highest BCUT2D eigenvalue weighted by molar-refractivity contribution is 5.84. The molecular formula is C21H30N2O. The van der Waals surface area contributed by atoms with E-state index >= 15 is 0 Å². The van der Waals surface area contributed by atoms with Crippen molar-refractivity contribution in [3.8, 4) is 0 Å². The molecule has 2 aromatic rings. The molecule has 0 aliphatic carbocycles. The SMILES string of the molecule is CCn1cc(CCCC(=O)N2CC(C)CC(C)C2)c2ccccc21. The summed E-state index contributed by atoms with van der Waals surface area (Å²) in [4.78, 5) is 14.6. The summed E-state index contributed by atoms with van der Waals surface area (Å²) in [5, 5.41) is 1.34. The highest BCUT2D eigenvalue weighted by atomic mass is 16.2. The number of benzene rings is 1. The molecule has 0 radical (unpaired) electrons. The molecule has 3 heteroatoms. The first kappa shape index (κ1) is 17.1. The fraction of sp³-hybridized carbons (Fsp3) is 0.571. The number of fused-ring (bicyclic) bond motifs is 1. The maximum atomic E-state index is 12.5. The Labute approximate surface area is 145 Å². The number of piperidine rings is 1. The molecule has 1 amide bonds. The normalized spacial score (nSPS) is 21.4. The van der Waals surface area contributed by atoms with Crippen LogP contribution in [0.4, 0.5) is 0 Å². The number of hydrogen-bond donors (Lipinski definition) is 0. The Morgan fingerprint density at radius 2 is 1.88 bits per heavy atom. The third-order valence-corrected chi connectivity index (χ3v) is 5.27. The molecule has 1 aromatic carbocycles. The van der Waals surface area contributed by atoms with Gasteiger partial charge in [0.05, 0.1) is 0 Å². The third-order valence-electron chi connectivity index (χ3n) is 5.27. The van der Waals surface area contributed by atoms with E-state index in [4.69, 9.17) is 0 Å². The van der Waals surface area contributed by atoms with Crippen LogP contribution in [0.25, 0.3) is 10.9 Å². The van der Waals surface area contributed by atoms with Crippen molar-refractivity contribution in [1.82, 2.24) is 9.47 Å². The van der Waals surface area contributed by atoms with Crippen LogP contribution >= 0.6 is 0 Å². The Hall–Kier alpha value is -1.77. The first-order chi connectivity index (χ1) is 11.6. The van der Waals surface area contributed by atoms with Gasteiger partial charge in [0.25, 0.3) is 0 Å². The fourth-order valence-electron chi connectivity index (χ4n) is 4.24. The molecule has 0 spiro atoms. The van der Waals surface area contributed by atoms with Gasteiger partial charge in [-0.15, -0.1) is 0 Å². The Morgan fingerprint density at radius 3 is 2.58 bits per heavy atom. The van der Waals surface area contributed by atoms with Crippen molar-refractivity contribution in [2.75, 3.05) is 13.1 Å². The third kappa shape index (κ3) is 3.66. The van der Waals surface area contributed by atoms with E-state index in [1.807, 2.05) is 0 Å². The van der Waals surface area contributed by atoms with E-state index in [1.165, 1.54) is 22.9 Å². The average Bonchev–Trinajstić information content (AvgIpc) is 2.92. The predicted octanol–water partition coefficient (Wildman–Crippen LogP) is 4.49. The summed E-state index contributed by atoms with van der Waals surface area (Å²) in [6.45, 7) is 9.57. The maximum Gasteiger partial charge on any atom is 0.222 e. The van der Waals surface area contributed by atoms with Crippen LogP contribution in [0.15, 0.2) is 30.5 Å². The molecule has 1 saturated heterocycles. The first-order valence-electron chi connectivity index (χ1n) is 9.43. The summed E-state index contributed by atoms with van der Waals surface area (Å²) in [5.74, 6) is 1.62. The number of aromatic nitrogens is 1. The van der Waals surface area contributed by atoms with Crippen LogP contribution in [-0.2, 0) is 17.8 Å². The molecule has 2 heterocycles. The minimum Gasteiger partial charge on any atom is -0.347 e. The van der Waals surface area contributed by atoms with E-state index in [0.29, 0.717) is 24.2 Å². The molecule has 130 valence electrons. The second-order valence-corrected chi connectivity index (χ2v) is 7.56. The van der Waals surface area contributed by atoms with Crippen molar-refractivity contribution in [3.63, 3.8) is 0 Å². The number of amides is 1. The summed E-state index contributed by atoms with van der Waals surface area (Å²) in [6.07, 6.45) is 6.11. The van der Waals surface area contributed by atoms with E-state index < -0.39 is 0 Å². The molecule has 2 atom stereocenters. The molecule has 0 bridgehead atoms. The average molecular weight is 326 g/mol. The van der Waals surface area contributed by atoms with E-state index in [1.54, 1.807) is 0 Å². The number of carbonyl (C=O) groups is 1. The number of likely N-dealkylation sites (tertiary alicyclic amines) is 1. The molecule has 24 heavy (non-hydrogen) atoms. The Bertz CT molecular complexity index is 693. The Morgan fingerprint density at radius 1 is 1.17 bits per heavy atom. The largest absolute Gasteiger partial charge is 0.347 e. The fourth-order valence-corrected chi connectivity index (χ4v) is 4.24. The molecular weight excluding hydrogens is 296 g/mol. The second-order valence-electron chi connectivity index (χ2n) is 7.56. The summed E-state index contributed by atoms with van der Waals surface area (Å²) in [6, 6.07) is 8.59. The van der Waals surface area contributed by atoms with Crippen molar-refractivity contribution in [1.29, 1.82) is 0 Å². The molecule has 0 N–H and O–H groups in total. The number of aryl methyl sites for hydroxylation is 2. The summed E-state index contributed by atoms with van der Waals surface area (Å²) in [7, 11) is 0. The molecule has 1 aliphatic heterocycles. The lowest BCUT2D eigenvalue weighted by molar-refractivity contribution is -0.133. The lowest BCUT2D eigenvalue weighted by Crippen LogP contribution is -2.42. The van der Waals surface area contributed by atoms with Gasteiger partial charge in [0.15, 0.2) is 0 Å². The second kappa shape index (κ2) is 7.42. The van der Waals surface area contributed by atoms with Gasteiger partial charge in [-0.3, -0.25) is 4.79 Å². The van der Waals surface area contributed by atoms with Crippen molar-refractivity contribution in [2.45, 2.75) is 53.0 Å². The van der Waals surface area contributed by atoms with E-state index in [0.717, 1.165) is 32.5 Å². The van der Waals surface area contributed by atoms with Gasteiger partial charge in [0.1, 0.15) is 0 Å². The monoisotopic (exact) mass is 326 g/mol. The van der Waals surface area contributed by atoms with Gasteiger partial charge in [-0.2, -0.15) is 0 Å². The maximum absolute atomic E-state index is 12.5.